The van der Waals surface area contributed by atoms with Crippen molar-refractivity contribution in [3.63, 3.8) is 0 Å². The number of fused-ring (bicyclic) bond motifs is 1. The Morgan fingerprint density at radius 2 is 2.14 bits per heavy atom. The summed E-state index contributed by atoms with van der Waals surface area (Å²) in [6.07, 6.45) is 1.84. The molecule has 3 rings (SSSR count). The van der Waals surface area contributed by atoms with E-state index in [2.05, 4.69) is 5.32 Å². The molecule has 1 amide bonds. The standard InChI is InChI=1S/C15H19FN2O2S.ClH/c16-10-1-2-13-11(9-10)12(3-8-21-13)18-14(19)15(17)4-6-20-7-5-15;/h1-2,9,12H,3-8,17H2,(H,18,19);1H. The van der Waals surface area contributed by atoms with Gasteiger partial charge < -0.3 is 15.8 Å². The van der Waals surface area contributed by atoms with Gasteiger partial charge in [0.05, 0.1) is 11.6 Å². The molecular weight excluding hydrogens is 327 g/mol. The quantitative estimate of drug-likeness (QED) is 0.863. The summed E-state index contributed by atoms with van der Waals surface area (Å²) < 4.78 is 18.7. The van der Waals surface area contributed by atoms with Crippen molar-refractivity contribution in [3.05, 3.63) is 29.6 Å². The van der Waals surface area contributed by atoms with E-state index < -0.39 is 5.54 Å². The largest absolute Gasteiger partial charge is 0.381 e. The lowest BCUT2D eigenvalue weighted by Gasteiger charge is -2.34. The Kier molecular flexibility index (Phi) is 5.71. The van der Waals surface area contributed by atoms with Gasteiger partial charge >= 0.3 is 0 Å². The second-order valence-electron chi connectivity index (χ2n) is 5.61. The van der Waals surface area contributed by atoms with Gasteiger partial charge in [0.2, 0.25) is 5.91 Å². The van der Waals surface area contributed by atoms with Crippen molar-refractivity contribution in [3.8, 4) is 0 Å². The second-order valence-corrected chi connectivity index (χ2v) is 6.75. The zero-order valence-corrected chi connectivity index (χ0v) is 13.8. The molecule has 22 heavy (non-hydrogen) atoms. The number of nitrogens with one attached hydrogen (secondary N) is 1. The molecule has 1 unspecified atom stereocenters. The molecule has 0 saturated carbocycles. The molecule has 1 saturated heterocycles. The lowest BCUT2D eigenvalue weighted by Crippen LogP contribution is -2.57. The Hall–Kier alpha value is -0.820. The number of amides is 1. The molecule has 2 heterocycles. The lowest BCUT2D eigenvalue weighted by atomic mass is 9.89. The first-order chi connectivity index (χ1) is 10.1. The Morgan fingerprint density at radius 3 is 2.86 bits per heavy atom. The zero-order chi connectivity index (χ0) is 14.9. The second kappa shape index (κ2) is 7.17. The van der Waals surface area contributed by atoms with Gasteiger partial charge in [-0.1, -0.05) is 0 Å². The summed E-state index contributed by atoms with van der Waals surface area (Å²) in [5.74, 6) is 0.478. The van der Waals surface area contributed by atoms with E-state index in [4.69, 9.17) is 10.5 Å². The average Bonchev–Trinajstić information content (AvgIpc) is 2.48. The van der Waals surface area contributed by atoms with Gasteiger partial charge in [0, 0.05) is 23.9 Å². The van der Waals surface area contributed by atoms with E-state index in [1.807, 2.05) is 0 Å². The predicted molar refractivity (Wildman–Crippen MR) is 86.8 cm³/mol. The van der Waals surface area contributed by atoms with Crippen molar-refractivity contribution in [1.82, 2.24) is 5.32 Å². The third-order valence-corrected chi connectivity index (χ3v) is 5.28. The summed E-state index contributed by atoms with van der Waals surface area (Å²) in [6, 6.07) is 4.59. The van der Waals surface area contributed by atoms with Gasteiger partial charge in [-0.2, -0.15) is 0 Å². The molecule has 0 bridgehead atoms. The molecule has 4 nitrogen and oxygen atoms in total. The van der Waals surface area contributed by atoms with Crippen LogP contribution >= 0.6 is 24.2 Å². The first-order valence-electron chi connectivity index (χ1n) is 7.18. The number of carbonyl (C=O) groups excluding carboxylic acids is 1. The maximum Gasteiger partial charge on any atom is 0.240 e. The van der Waals surface area contributed by atoms with Crippen LogP contribution in [0.1, 0.15) is 30.9 Å². The van der Waals surface area contributed by atoms with E-state index in [9.17, 15) is 9.18 Å². The van der Waals surface area contributed by atoms with Crippen LogP contribution in [0.3, 0.4) is 0 Å². The summed E-state index contributed by atoms with van der Waals surface area (Å²) in [5, 5.41) is 3.01. The summed E-state index contributed by atoms with van der Waals surface area (Å²) in [7, 11) is 0. The average molecular weight is 347 g/mol. The van der Waals surface area contributed by atoms with E-state index >= 15 is 0 Å². The smallest absolute Gasteiger partial charge is 0.240 e. The normalized spacial score (nSPS) is 23.1. The summed E-state index contributed by atoms with van der Waals surface area (Å²) in [6.45, 7) is 1.02. The Morgan fingerprint density at radius 1 is 1.41 bits per heavy atom. The fourth-order valence-electron chi connectivity index (χ4n) is 2.78. The van der Waals surface area contributed by atoms with Crippen LogP contribution in [-0.4, -0.2) is 30.4 Å². The van der Waals surface area contributed by atoms with E-state index in [-0.39, 0.29) is 30.2 Å². The molecular formula is C15H20ClFN2O2S. The molecule has 2 aliphatic heterocycles. The number of thioether (sulfide) groups is 1. The highest BCUT2D eigenvalue weighted by Crippen LogP contribution is 2.36. The van der Waals surface area contributed by atoms with Gasteiger partial charge in [-0.3, -0.25) is 4.79 Å². The molecule has 0 spiro atoms. The fraction of sp³-hybridized carbons (Fsp3) is 0.533. The molecule has 3 N–H and O–H groups in total. The number of hydrogen-bond acceptors (Lipinski definition) is 4. The molecule has 1 fully saturated rings. The van der Waals surface area contributed by atoms with Gasteiger partial charge in [0.25, 0.3) is 0 Å². The molecule has 1 atom stereocenters. The number of halogens is 2. The van der Waals surface area contributed by atoms with Crippen LogP contribution in [0.4, 0.5) is 4.39 Å². The van der Waals surface area contributed by atoms with Crippen molar-refractivity contribution in [1.29, 1.82) is 0 Å². The number of rotatable bonds is 2. The van der Waals surface area contributed by atoms with Gasteiger partial charge in [0.15, 0.2) is 0 Å². The minimum absolute atomic E-state index is 0. The van der Waals surface area contributed by atoms with Crippen LogP contribution in [0.5, 0.6) is 0 Å². The SMILES string of the molecule is Cl.NC1(C(=O)NC2CCSc3ccc(F)cc32)CCOCC1. The Bertz CT molecular complexity index is 552. The fourth-order valence-corrected chi connectivity index (χ4v) is 3.89. The molecule has 1 aromatic rings. The van der Waals surface area contributed by atoms with Crippen molar-refractivity contribution in [2.75, 3.05) is 19.0 Å². The van der Waals surface area contributed by atoms with E-state index in [1.54, 1.807) is 17.8 Å². The maximum atomic E-state index is 13.5. The minimum atomic E-state index is -0.865. The summed E-state index contributed by atoms with van der Waals surface area (Å²) in [4.78, 5) is 13.5. The highest BCUT2D eigenvalue weighted by Gasteiger charge is 2.37. The number of carbonyl (C=O) groups is 1. The lowest BCUT2D eigenvalue weighted by molar-refractivity contribution is -0.130. The number of hydrogen-bond donors (Lipinski definition) is 2. The predicted octanol–water partition coefficient (Wildman–Crippen LogP) is 2.41. The highest BCUT2D eigenvalue weighted by atomic mass is 35.5. The maximum absolute atomic E-state index is 13.5. The molecule has 0 aliphatic carbocycles. The monoisotopic (exact) mass is 346 g/mol. The molecule has 7 heteroatoms. The van der Waals surface area contributed by atoms with Crippen LogP contribution in [-0.2, 0) is 9.53 Å². The van der Waals surface area contributed by atoms with E-state index in [0.717, 1.165) is 22.6 Å². The topological polar surface area (TPSA) is 64.4 Å². The highest BCUT2D eigenvalue weighted by molar-refractivity contribution is 7.99. The van der Waals surface area contributed by atoms with Crippen molar-refractivity contribution in [2.24, 2.45) is 5.73 Å². The van der Waals surface area contributed by atoms with Crippen LogP contribution < -0.4 is 11.1 Å². The Balaban J connectivity index is 0.00000176. The molecule has 2 aliphatic rings. The first kappa shape index (κ1) is 17.5. The van der Waals surface area contributed by atoms with Crippen molar-refractivity contribution < 1.29 is 13.9 Å². The zero-order valence-electron chi connectivity index (χ0n) is 12.1. The van der Waals surface area contributed by atoms with Crippen LogP contribution in [0.25, 0.3) is 0 Å². The molecule has 0 aromatic heterocycles. The number of nitrogens with two attached hydrogens (primary N) is 1. The van der Waals surface area contributed by atoms with E-state index in [0.29, 0.717) is 26.1 Å². The van der Waals surface area contributed by atoms with Crippen molar-refractivity contribution >= 4 is 30.1 Å². The first-order valence-corrected chi connectivity index (χ1v) is 8.17. The molecule has 1 aromatic carbocycles. The number of ether oxygens (including phenoxy) is 1. The van der Waals surface area contributed by atoms with Crippen LogP contribution in [0.15, 0.2) is 23.1 Å². The van der Waals surface area contributed by atoms with E-state index in [1.165, 1.54) is 12.1 Å². The van der Waals surface area contributed by atoms with Gasteiger partial charge in [-0.05, 0) is 43.0 Å². The third kappa shape index (κ3) is 3.56. The molecule has 122 valence electrons. The van der Waals surface area contributed by atoms with Gasteiger partial charge in [-0.15, -0.1) is 24.2 Å². The van der Waals surface area contributed by atoms with Gasteiger partial charge in [0.1, 0.15) is 5.82 Å². The number of benzene rings is 1. The van der Waals surface area contributed by atoms with Crippen LogP contribution in [0, 0.1) is 5.82 Å². The third-order valence-electron chi connectivity index (χ3n) is 4.15. The minimum Gasteiger partial charge on any atom is -0.381 e. The summed E-state index contributed by atoms with van der Waals surface area (Å²) in [5.41, 5.74) is 6.19. The Labute approximate surface area is 139 Å². The van der Waals surface area contributed by atoms with Gasteiger partial charge in [-0.25, -0.2) is 4.39 Å². The summed E-state index contributed by atoms with van der Waals surface area (Å²) >= 11 is 1.69. The van der Waals surface area contributed by atoms with Crippen LogP contribution in [0.2, 0.25) is 0 Å². The van der Waals surface area contributed by atoms with Crippen molar-refractivity contribution in [2.45, 2.75) is 35.7 Å². The molecule has 0 radical (unpaired) electrons.